The molecular weight excluding hydrogens is 803 g/mol. The van der Waals surface area contributed by atoms with E-state index in [0.29, 0.717) is 5.56 Å². The van der Waals surface area contributed by atoms with E-state index in [2.05, 4.69) is 5.32 Å². The minimum Gasteiger partial charge on any atom is -0.456 e. The lowest BCUT2D eigenvalue weighted by Gasteiger charge is -2.67. The maximum absolute atomic E-state index is 15.5. The van der Waals surface area contributed by atoms with Crippen LogP contribution in [0, 0.1) is 16.7 Å². The highest BCUT2D eigenvalue weighted by Crippen LogP contribution is 2.64. The van der Waals surface area contributed by atoms with Crippen LogP contribution in [0.3, 0.4) is 0 Å². The molecule has 15 heteroatoms. The Labute approximate surface area is 358 Å². The van der Waals surface area contributed by atoms with Crippen molar-refractivity contribution in [3.63, 3.8) is 0 Å². The van der Waals surface area contributed by atoms with Crippen LogP contribution in [0.4, 0.5) is 0 Å². The monoisotopic (exact) mass is 853 g/mol. The molecule has 15 nitrogen and oxygen atoms in total. The number of aliphatic hydroxyl groups excluding tert-OH is 2. The van der Waals surface area contributed by atoms with E-state index in [-0.39, 0.29) is 35.3 Å². The first-order valence-corrected chi connectivity index (χ1v) is 20.5. The number of esters is 4. The molecule has 2 saturated carbocycles. The van der Waals surface area contributed by atoms with Crippen molar-refractivity contribution in [2.75, 3.05) is 6.61 Å². The van der Waals surface area contributed by atoms with Crippen LogP contribution in [0.15, 0.2) is 102 Å². The Balaban J connectivity index is 1.39. The molecule has 0 aromatic heterocycles. The highest BCUT2D eigenvalue weighted by Gasteiger charge is 2.78. The van der Waals surface area contributed by atoms with Crippen molar-refractivity contribution in [3.05, 3.63) is 119 Å². The third-order valence-corrected chi connectivity index (χ3v) is 13.5. The molecule has 7 rings (SSSR count). The predicted octanol–water partition coefficient (Wildman–Crippen LogP) is 3.74. The van der Waals surface area contributed by atoms with Crippen LogP contribution in [0.25, 0.3) is 0 Å². The topological polar surface area (TPSA) is 221 Å². The molecule has 4 aliphatic rings. The minimum atomic E-state index is -2.39. The summed E-state index contributed by atoms with van der Waals surface area (Å²) in [6.45, 7) is 7.97. The van der Waals surface area contributed by atoms with Gasteiger partial charge in [0.05, 0.1) is 35.6 Å². The number of carbonyl (C=O) groups excluding carboxylic acids is 6. The maximum Gasteiger partial charge on any atom is 0.338 e. The molecule has 62 heavy (non-hydrogen) atoms. The van der Waals surface area contributed by atoms with Gasteiger partial charge in [0.2, 0.25) is 0 Å². The second-order valence-corrected chi connectivity index (χ2v) is 17.4. The minimum absolute atomic E-state index is 0.00289. The highest BCUT2D eigenvalue weighted by molar-refractivity contribution is 5.96. The molecule has 3 fully saturated rings. The predicted molar refractivity (Wildman–Crippen MR) is 218 cm³/mol. The Kier molecular flexibility index (Phi) is 11.8. The van der Waals surface area contributed by atoms with Crippen molar-refractivity contribution in [1.29, 1.82) is 0 Å². The lowest BCUT2D eigenvalue weighted by Crippen LogP contribution is -2.82. The van der Waals surface area contributed by atoms with Gasteiger partial charge in [0.1, 0.15) is 23.9 Å². The van der Waals surface area contributed by atoms with Gasteiger partial charge in [-0.3, -0.25) is 19.2 Å². The number of ether oxygens (including phenoxy) is 5. The fraction of sp³-hybridized carbons (Fsp3) is 0.447. The second kappa shape index (κ2) is 16.5. The molecule has 1 heterocycles. The van der Waals surface area contributed by atoms with E-state index in [9.17, 15) is 39.3 Å². The number of ketones is 1. The van der Waals surface area contributed by atoms with Gasteiger partial charge in [0.25, 0.3) is 5.91 Å². The van der Waals surface area contributed by atoms with Crippen LogP contribution in [0.5, 0.6) is 0 Å². The third kappa shape index (κ3) is 7.29. The largest absolute Gasteiger partial charge is 0.456 e. The van der Waals surface area contributed by atoms with Gasteiger partial charge in [-0.05, 0) is 54.8 Å². The average Bonchev–Trinajstić information content (AvgIpc) is 3.24. The number of hydrogen-bond acceptors (Lipinski definition) is 14. The number of hydrogen-bond donors (Lipinski definition) is 4. The molecule has 328 valence electrons. The second-order valence-electron chi connectivity index (χ2n) is 17.4. The molecule has 0 spiro atoms. The number of nitrogens with one attached hydrogen (secondary N) is 1. The van der Waals surface area contributed by atoms with E-state index in [1.807, 2.05) is 0 Å². The van der Waals surface area contributed by atoms with Crippen LogP contribution >= 0.6 is 0 Å². The first-order chi connectivity index (χ1) is 29.3. The van der Waals surface area contributed by atoms with Crippen molar-refractivity contribution < 1.29 is 67.8 Å². The van der Waals surface area contributed by atoms with E-state index >= 15 is 4.79 Å². The van der Waals surface area contributed by atoms with Gasteiger partial charge in [0.15, 0.2) is 23.6 Å². The molecule has 0 radical (unpaired) electrons. The first kappa shape index (κ1) is 44.3. The molecule has 11 atom stereocenters. The van der Waals surface area contributed by atoms with E-state index in [0.717, 1.165) is 13.8 Å². The number of amides is 1. The van der Waals surface area contributed by atoms with Crippen molar-refractivity contribution in [2.24, 2.45) is 16.7 Å². The van der Waals surface area contributed by atoms with E-state index < -0.39 is 113 Å². The molecule has 4 N–H and O–H groups in total. The third-order valence-electron chi connectivity index (χ3n) is 13.5. The quantitative estimate of drug-likeness (QED) is 0.130. The van der Waals surface area contributed by atoms with Crippen LogP contribution in [-0.4, -0.2) is 105 Å². The molecule has 3 unspecified atom stereocenters. The summed E-state index contributed by atoms with van der Waals surface area (Å²) in [6, 6.07) is 22.9. The molecule has 1 aliphatic heterocycles. The Hall–Kier alpha value is -5.74. The number of Topliss-reactive ketones (excluding diaryl/α,β-unsaturated/α-hetero) is 1. The van der Waals surface area contributed by atoms with Gasteiger partial charge in [-0.2, -0.15) is 0 Å². The summed E-state index contributed by atoms with van der Waals surface area (Å²) in [5, 5.41) is 40.2. The molecule has 3 aliphatic carbocycles. The molecule has 1 amide bonds. The zero-order valence-corrected chi connectivity index (χ0v) is 35.2. The van der Waals surface area contributed by atoms with Crippen molar-refractivity contribution >= 4 is 35.6 Å². The van der Waals surface area contributed by atoms with Crippen molar-refractivity contribution in [2.45, 2.75) is 108 Å². The normalized spacial score (nSPS) is 31.9. The van der Waals surface area contributed by atoms with Gasteiger partial charge in [-0.1, -0.05) is 80.6 Å². The molecule has 3 aromatic rings. The summed E-state index contributed by atoms with van der Waals surface area (Å²) < 4.78 is 30.3. The van der Waals surface area contributed by atoms with E-state index in [1.165, 1.54) is 26.0 Å². The van der Waals surface area contributed by atoms with Gasteiger partial charge < -0.3 is 44.3 Å². The lowest BCUT2D eigenvalue weighted by atomic mass is 9.44. The van der Waals surface area contributed by atoms with Crippen LogP contribution < -0.4 is 5.32 Å². The summed E-state index contributed by atoms with van der Waals surface area (Å²) in [6.07, 6.45) is -10.5. The standard InChI is InChI=1S/C47H51NO14/c1-25-31(60-43(56)36(52)35(28-16-10-7-11-17-28)48-41(54)29-18-12-8-13-19-29)23-47(57)40(61-42(55)30-20-14-9-15-21-30)38-45(6,32(51)22-33-46(38,24-58-33)62-27(3)50)39(53)37(59-26(2)49)34(25)44(47,4)5/h7-21,31-33,35-38,40,51-52,57H,22-24H2,1-6H3,(H,48,54)/t31-,32-,33+,35?,36?,37+,38?,40-,45+,46-,47+/m0/s1. The van der Waals surface area contributed by atoms with E-state index in [1.54, 1.807) is 92.7 Å². The Morgan fingerprint density at radius 3 is 1.95 bits per heavy atom. The molecular formula is C47H51NO14. The number of aliphatic hydroxyl groups is 3. The number of carbonyl (C=O) groups is 6. The molecule has 2 bridgehead atoms. The van der Waals surface area contributed by atoms with Crippen LogP contribution in [-0.2, 0) is 42.9 Å². The Bertz CT molecular complexity index is 2280. The Morgan fingerprint density at radius 2 is 1.40 bits per heavy atom. The van der Waals surface area contributed by atoms with Crippen molar-refractivity contribution in [3.8, 4) is 0 Å². The Morgan fingerprint density at radius 1 is 0.823 bits per heavy atom. The fourth-order valence-electron chi connectivity index (χ4n) is 10.2. The van der Waals surface area contributed by atoms with Crippen LogP contribution in [0.1, 0.15) is 86.7 Å². The van der Waals surface area contributed by atoms with Crippen molar-refractivity contribution in [1.82, 2.24) is 5.32 Å². The summed E-state index contributed by atoms with van der Waals surface area (Å²) in [4.78, 5) is 83.5. The van der Waals surface area contributed by atoms with Gasteiger partial charge in [-0.25, -0.2) is 9.59 Å². The maximum atomic E-state index is 15.5. The average molecular weight is 854 g/mol. The zero-order chi connectivity index (χ0) is 44.9. The van der Waals surface area contributed by atoms with Crippen LogP contribution in [0.2, 0.25) is 0 Å². The summed E-state index contributed by atoms with van der Waals surface area (Å²) in [5.41, 5.74) is -7.02. The summed E-state index contributed by atoms with van der Waals surface area (Å²) in [5.74, 6) is -6.84. The van der Waals surface area contributed by atoms with Gasteiger partial charge in [0, 0.05) is 37.7 Å². The molecule has 3 aromatic carbocycles. The van der Waals surface area contributed by atoms with E-state index in [4.69, 9.17) is 23.7 Å². The van der Waals surface area contributed by atoms with Gasteiger partial charge in [-0.15, -0.1) is 0 Å². The summed E-state index contributed by atoms with van der Waals surface area (Å²) >= 11 is 0. The lowest BCUT2D eigenvalue weighted by molar-refractivity contribution is -0.346. The van der Waals surface area contributed by atoms with Gasteiger partial charge >= 0.3 is 23.9 Å². The first-order valence-electron chi connectivity index (χ1n) is 20.5. The summed E-state index contributed by atoms with van der Waals surface area (Å²) in [7, 11) is 0. The molecule has 1 saturated heterocycles. The number of benzene rings is 3. The number of fused-ring (bicyclic) bond motifs is 5. The zero-order valence-electron chi connectivity index (χ0n) is 35.2. The highest BCUT2D eigenvalue weighted by atomic mass is 16.6. The number of rotatable bonds is 10. The SMILES string of the molecule is CC(=O)O[C@H]1C(=O)[C@@]2(C)C([C@H](OC(=O)c3ccccc3)[C@]3(O)C[C@H](OC(=O)C(O)C(NC(=O)c4ccccc4)c4ccccc4)C(C)=C1C3(C)C)[C@]1(OC(C)=O)CO[C@@H]1C[C@@H]2O. The fourth-order valence-corrected chi connectivity index (χ4v) is 10.2. The smallest absolute Gasteiger partial charge is 0.338 e.